The van der Waals surface area contributed by atoms with Crippen molar-refractivity contribution >= 4 is 0 Å². The predicted molar refractivity (Wildman–Crippen MR) is 104 cm³/mol. The average molecular weight is 359 g/mol. The van der Waals surface area contributed by atoms with E-state index in [2.05, 4.69) is 36.5 Å². The van der Waals surface area contributed by atoms with Crippen LogP contribution in [0.1, 0.15) is 36.1 Å². The lowest BCUT2D eigenvalue weighted by atomic mass is 9.97. The van der Waals surface area contributed by atoms with Gasteiger partial charge < -0.3 is 19.9 Å². The molecule has 3 N–H and O–H groups in total. The number of benzene rings is 2. The maximum Gasteiger partial charge on any atom is 0.126 e. The van der Waals surface area contributed by atoms with Gasteiger partial charge in [0.25, 0.3) is 0 Å². The normalized spacial score (nSPS) is 13.5. The molecule has 0 aliphatic carbocycles. The van der Waals surface area contributed by atoms with Crippen LogP contribution in [-0.4, -0.2) is 44.1 Å². The van der Waals surface area contributed by atoms with Crippen molar-refractivity contribution < 1.29 is 19.9 Å². The molecule has 4 heteroatoms. The summed E-state index contributed by atoms with van der Waals surface area (Å²) < 4.78 is 11.5. The van der Waals surface area contributed by atoms with Gasteiger partial charge in [-0.3, -0.25) is 0 Å². The summed E-state index contributed by atoms with van der Waals surface area (Å²) >= 11 is 0. The molecular weight excluding hydrogens is 326 g/mol. The summed E-state index contributed by atoms with van der Waals surface area (Å²) in [5.41, 5.74) is 3.44. The molecule has 0 spiro atoms. The van der Waals surface area contributed by atoms with Crippen molar-refractivity contribution in [1.82, 2.24) is 0 Å². The summed E-state index contributed by atoms with van der Waals surface area (Å²) in [7, 11) is 0. The summed E-state index contributed by atoms with van der Waals surface area (Å²) in [6.45, 7) is 7.55. The molecule has 2 aromatic rings. The molecule has 2 rings (SSSR count). The van der Waals surface area contributed by atoms with Crippen LogP contribution in [0.3, 0.4) is 0 Å². The lowest BCUT2D eigenvalue weighted by Gasteiger charge is -2.22. The zero-order chi connectivity index (χ0) is 18.6. The number of nitrogens with two attached hydrogens (primary N) is 1. The highest BCUT2D eigenvalue weighted by molar-refractivity contribution is 5.35. The van der Waals surface area contributed by atoms with E-state index in [1.807, 2.05) is 37.3 Å². The Kier molecular flexibility index (Phi) is 9.35. The molecule has 0 saturated carbocycles. The van der Waals surface area contributed by atoms with Crippen molar-refractivity contribution in [2.24, 2.45) is 0 Å². The molecule has 0 radical (unpaired) electrons. The SMILES string of the molecule is CCOCCC[NH2+]C[C@H](O)CO[C@H](c1ccccc1)c1ccccc1C. The maximum absolute atomic E-state index is 10.3. The number of hydrogen-bond donors (Lipinski definition) is 2. The standard InChI is InChI=1S/C22H31NO3/c1-3-25-15-9-14-23-16-20(24)17-26-22(19-11-5-4-6-12-19)21-13-8-7-10-18(21)2/h4-8,10-13,20,22-24H,3,9,14-17H2,1-2H3/p+1/t20-,22+/m0/s1. The summed E-state index contributed by atoms with van der Waals surface area (Å²) in [5.74, 6) is 0. The van der Waals surface area contributed by atoms with Crippen molar-refractivity contribution in [2.75, 3.05) is 32.9 Å². The van der Waals surface area contributed by atoms with Crippen molar-refractivity contribution in [3.63, 3.8) is 0 Å². The highest BCUT2D eigenvalue weighted by atomic mass is 16.5. The molecule has 0 fully saturated rings. The fraction of sp³-hybridized carbons (Fsp3) is 0.455. The van der Waals surface area contributed by atoms with Crippen LogP contribution in [0.15, 0.2) is 54.6 Å². The molecule has 0 aliphatic rings. The fourth-order valence-corrected chi connectivity index (χ4v) is 2.93. The lowest BCUT2D eigenvalue weighted by molar-refractivity contribution is -0.661. The van der Waals surface area contributed by atoms with Crippen LogP contribution in [0.4, 0.5) is 0 Å². The molecule has 0 heterocycles. The topological polar surface area (TPSA) is 55.3 Å². The van der Waals surface area contributed by atoms with Crippen LogP contribution in [-0.2, 0) is 9.47 Å². The Morgan fingerprint density at radius 2 is 1.77 bits per heavy atom. The van der Waals surface area contributed by atoms with Gasteiger partial charge in [-0.15, -0.1) is 0 Å². The van der Waals surface area contributed by atoms with Gasteiger partial charge in [0.05, 0.1) is 19.8 Å². The smallest absolute Gasteiger partial charge is 0.126 e. The number of aliphatic hydroxyl groups is 1. The summed E-state index contributed by atoms with van der Waals surface area (Å²) in [6.07, 6.45) is 0.347. The molecule has 2 atom stereocenters. The summed E-state index contributed by atoms with van der Waals surface area (Å²) in [5, 5.41) is 12.4. The van der Waals surface area contributed by atoms with Gasteiger partial charge in [-0.2, -0.15) is 0 Å². The Morgan fingerprint density at radius 3 is 2.50 bits per heavy atom. The number of aliphatic hydroxyl groups excluding tert-OH is 1. The number of quaternary nitrogens is 1. The minimum Gasteiger partial charge on any atom is -0.385 e. The van der Waals surface area contributed by atoms with Crippen molar-refractivity contribution in [2.45, 2.75) is 32.5 Å². The second kappa shape index (κ2) is 11.8. The Morgan fingerprint density at radius 1 is 1.04 bits per heavy atom. The minimum atomic E-state index is -0.489. The monoisotopic (exact) mass is 358 g/mol. The first-order valence-electron chi connectivity index (χ1n) is 9.52. The van der Waals surface area contributed by atoms with E-state index >= 15 is 0 Å². The van der Waals surface area contributed by atoms with E-state index in [4.69, 9.17) is 9.47 Å². The third kappa shape index (κ3) is 6.89. The molecule has 142 valence electrons. The van der Waals surface area contributed by atoms with Crippen LogP contribution in [0, 0.1) is 6.92 Å². The molecule has 0 amide bonds. The molecular formula is C22H32NO3+. The summed E-state index contributed by atoms with van der Waals surface area (Å²) in [6, 6.07) is 18.4. The van der Waals surface area contributed by atoms with E-state index in [1.165, 1.54) is 5.56 Å². The number of hydrogen-bond acceptors (Lipinski definition) is 3. The molecule has 0 aliphatic heterocycles. The molecule has 0 unspecified atom stereocenters. The van der Waals surface area contributed by atoms with Crippen LogP contribution in [0.2, 0.25) is 0 Å². The van der Waals surface area contributed by atoms with Crippen LogP contribution in [0.25, 0.3) is 0 Å². The first kappa shape index (κ1) is 20.6. The van der Waals surface area contributed by atoms with Crippen molar-refractivity contribution in [3.05, 3.63) is 71.3 Å². The maximum atomic E-state index is 10.3. The van der Waals surface area contributed by atoms with Gasteiger partial charge in [0.2, 0.25) is 0 Å². The van der Waals surface area contributed by atoms with Crippen LogP contribution in [0.5, 0.6) is 0 Å². The highest BCUT2D eigenvalue weighted by Gasteiger charge is 2.18. The van der Waals surface area contributed by atoms with Crippen LogP contribution >= 0.6 is 0 Å². The zero-order valence-electron chi connectivity index (χ0n) is 15.9. The molecule has 0 bridgehead atoms. The van der Waals surface area contributed by atoms with Gasteiger partial charge >= 0.3 is 0 Å². The summed E-state index contributed by atoms with van der Waals surface area (Å²) in [4.78, 5) is 0. The number of aryl methyl sites for hydroxylation is 1. The van der Waals surface area contributed by atoms with Gasteiger partial charge in [-0.05, 0) is 30.5 Å². The van der Waals surface area contributed by atoms with Gasteiger partial charge in [0, 0.05) is 13.0 Å². The van der Waals surface area contributed by atoms with Crippen molar-refractivity contribution in [1.29, 1.82) is 0 Å². The molecule has 4 nitrogen and oxygen atoms in total. The largest absolute Gasteiger partial charge is 0.385 e. The zero-order valence-corrected chi connectivity index (χ0v) is 15.9. The predicted octanol–water partition coefficient (Wildman–Crippen LogP) is 2.45. The third-order valence-corrected chi connectivity index (χ3v) is 4.37. The van der Waals surface area contributed by atoms with E-state index in [-0.39, 0.29) is 6.10 Å². The molecule has 26 heavy (non-hydrogen) atoms. The lowest BCUT2D eigenvalue weighted by Crippen LogP contribution is -2.86. The fourth-order valence-electron chi connectivity index (χ4n) is 2.93. The number of rotatable bonds is 12. The quantitative estimate of drug-likeness (QED) is 0.573. The minimum absolute atomic E-state index is 0.162. The Hall–Kier alpha value is -1.72. The number of ether oxygens (including phenoxy) is 2. The van der Waals surface area contributed by atoms with Gasteiger partial charge in [0.15, 0.2) is 0 Å². The second-order valence-corrected chi connectivity index (χ2v) is 6.50. The average Bonchev–Trinajstić information content (AvgIpc) is 2.67. The van der Waals surface area contributed by atoms with Crippen LogP contribution < -0.4 is 5.32 Å². The molecule has 0 aromatic heterocycles. The van der Waals surface area contributed by atoms with E-state index in [1.54, 1.807) is 0 Å². The van der Waals surface area contributed by atoms with Gasteiger partial charge in [-0.1, -0.05) is 54.6 Å². The van der Waals surface area contributed by atoms with E-state index in [0.29, 0.717) is 13.2 Å². The van der Waals surface area contributed by atoms with E-state index in [9.17, 15) is 5.11 Å². The van der Waals surface area contributed by atoms with Gasteiger partial charge in [0.1, 0.15) is 18.8 Å². The van der Waals surface area contributed by atoms with E-state index in [0.717, 1.165) is 37.3 Å². The van der Waals surface area contributed by atoms with Gasteiger partial charge in [-0.25, -0.2) is 0 Å². The highest BCUT2D eigenvalue weighted by Crippen LogP contribution is 2.28. The Bertz CT molecular complexity index is 618. The third-order valence-electron chi connectivity index (χ3n) is 4.37. The molecule has 2 aromatic carbocycles. The Balaban J connectivity index is 1.89. The van der Waals surface area contributed by atoms with Crippen molar-refractivity contribution in [3.8, 4) is 0 Å². The second-order valence-electron chi connectivity index (χ2n) is 6.50. The Labute approximate surface area is 157 Å². The first-order valence-corrected chi connectivity index (χ1v) is 9.52. The molecule has 0 saturated heterocycles. The first-order chi connectivity index (χ1) is 12.7. The van der Waals surface area contributed by atoms with E-state index < -0.39 is 6.10 Å².